The molecule has 12 heavy (non-hydrogen) atoms. The summed E-state index contributed by atoms with van der Waals surface area (Å²) in [5, 5.41) is 3.14. The van der Waals surface area contributed by atoms with Crippen LogP contribution in [0.2, 0.25) is 0 Å². The monoisotopic (exact) mass is 169 g/mol. The Morgan fingerprint density at radius 3 is 2.58 bits per heavy atom. The van der Waals surface area contributed by atoms with E-state index in [9.17, 15) is 4.79 Å². The Morgan fingerprint density at radius 2 is 2.17 bits per heavy atom. The second-order valence-corrected chi connectivity index (χ2v) is 3.77. The Hall–Kier alpha value is -0.570. The van der Waals surface area contributed by atoms with Gasteiger partial charge < -0.3 is 10.1 Å². The normalized spacial score (nSPS) is 24.3. The molecule has 1 heterocycles. The Labute approximate surface area is 72.5 Å². The lowest BCUT2D eigenvalue weighted by Gasteiger charge is -2.29. The number of carbonyl (C=O) groups is 1. The number of esters is 1. The van der Waals surface area contributed by atoms with Crippen LogP contribution in [-0.4, -0.2) is 25.2 Å². The zero-order valence-corrected chi connectivity index (χ0v) is 7.21. The van der Waals surface area contributed by atoms with Crippen LogP contribution in [0.15, 0.2) is 0 Å². The van der Waals surface area contributed by atoms with E-state index in [1.54, 1.807) is 0 Å². The molecule has 0 radical (unpaired) electrons. The van der Waals surface area contributed by atoms with Crippen molar-refractivity contribution in [3.8, 4) is 0 Å². The predicted molar refractivity (Wildman–Crippen MR) is 44.7 cm³/mol. The van der Waals surface area contributed by atoms with Gasteiger partial charge in [0.05, 0.1) is 6.42 Å². The van der Waals surface area contributed by atoms with Crippen LogP contribution >= 0.6 is 0 Å². The minimum Gasteiger partial charge on any atom is -0.462 e. The first-order valence-electron chi connectivity index (χ1n) is 4.75. The molecule has 3 heteroatoms. The summed E-state index contributed by atoms with van der Waals surface area (Å²) >= 11 is 0. The van der Waals surface area contributed by atoms with Crippen LogP contribution in [0, 0.1) is 5.92 Å². The summed E-state index contributed by atoms with van der Waals surface area (Å²) in [4.78, 5) is 11.2. The van der Waals surface area contributed by atoms with E-state index < -0.39 is 0 Å². The first-order valence-corrected chi connectivity index (χ1v) is 4.75. The molecule has 0 aromatic heterocycles. The van der Waals surface area contributed by atoms with Gasteiger partial charge in [0.15, 0.2) is 0 Å². The van der Waals surface area contributed by atoms with Gasteiger partial charge in [-0.2, -0.15) is 0 Å². The highest BCUT2D eigenvalue weighted by Gasteiger charge is 2.25. The van der Waals surface area contributed by atoms with Crippen molar-refractivity contribution in [1.82, 2.24) is 5.32 Å². The van der Waals surface area contributed by atoms with Gasteiger partial charge in [-0.1, -0.05) is 0 Å². The van der Waals surface area contributed by atoms with E-state index in [1.165, 1.54) is 6.42 Å². The van der Waals surface area contributed by atoms with Crippen LogP contribution in [0.3, 0.4) is 0 Å². The van der Waals surface area contributed by atoms with E-state index in [2.05, 4.69) is 5.32 Å². The number of carbonyl (C=O) groups excluding carboxylic acids is 1. The maximum atomic E-state index is 11.2. The molecule has 0 aromatic carbocycles. The molecule has 0 aromatic rings. The zero-order chi connectivity index (χ0) is 8.39. The highest BCUT2D eigenvalue weighted by molar-refractivity contribution is 5.70. The molecule has 3 nitrogen and oxygen atoms in total. The van der Waals surface area contributed by atoms with Crippen LogP contribution in [0.25, 0.3) is 0 Å². The summed E-state index contributed by atoms with van der Waals surface area (Å²) in [6.07, 6.45) is 4.25. The molecule has 0 atom stereocenters. The van der Waals surface area contributed by atoms with Gasteiger partial charge in [-0.15, -0.1) is 0 Å². The molecule has 1 saturated carbocycles. The van der Waals surface area contributed by atoms with E-state index in [0.717, 1.165) is 25.9 Å². The molecule has 0 unspecified atom stereocenters. The fourth-order valence-corrected chi connectivity index (χ4v) is 1.45. The van der Waals surface area contributed by atoms with Crippen LogP contribution in [-0.2, 0) is 9.53 Å². The second kappa shape index (κ2) is 3.44. The second-order valence-electron chi connectivity index (χ2n) is 3.77. The van der Waals surface area contributed by atoms with Crippen LogP contribution in [0.1, 0.15) is 25.7 Å². The van der Waals surface area contributed by atoms with Gasteiger partial charge in [-0.05, 0) is 38.3 Å². The largest absolute Gasteiger partial charge is 0.462 e. The number of nitrogens with one attached hydrogen (secondary N) is 1. The molecule has 1 aliphatic carbocycles. The van der Waals surface area contributed by atoms with Gasteiger partial charge in [0.1, 0.15) is 6.10 Å². The minimum atomic E-state index is 0.00574. The zero-order valence-electron chi connectivity index (χ0n) is 7.21. The lowest BCUT2D eigenvalue weighted by atomic mass is 9.95. The Morgan fingerprint density at radius 1 is 1.42 bits per heavy atom. The molecule has 0 bridgehead atoms. The van der Waals surface area contributed by atoms with E-state index in [1.807, 2.05) is 0 Å². The van der Waals surface area contributed by atoms with Crippen molar-refractivity contribution in [2.24, 2.45) is 5.92 Å². The van der Waals surface area contributed by atoms with Crippen LogP contribution < -0.4 is 5.32 Å². The number of ether oxygens (including phenoxy) is 1. The standard InChI is InChI=1S/C9H15NO2/c11-9(4-7-5-10-6-7)12-8-2-1-3-8/h7-8,10H,1-6H2. The first kappa shape index (κ1) is 8.05. The quantitative estimate of drug-likeness (QED) is 0.632. The molecule has 1 aliphatic heterocycles. The third kappa shape index (κ3) is 1.78. The lowest BCUT2D eigenvalue weighted by Crippen LogP contribution is -2.43. The van der Waals surface area contributed by atoms with Crippen LogP contribution in [0.5, 0.6) is 0 Å². The van der Waals surface area contributed by atoms with Gasteiger partial charge in [0.25, 0.3) is 0 Å². The van der Waals surface area contributed by atoms with Gasteiger partial charge in [0, 0.05) is 0 Å². The van der Waals surface area contributed by atoms with Crippen molar-refractivity contribution < 1.29 is 9.53 Å². The first-order chi connectivity index (χ1) is 5.84. The molecule has 1 saturated heterocycles. The summed E-state index contributed by atoms with van der Waals surface area (Å²) in [6.45, 7) is 1.97. The van der Waals surface area contributed by atoms with Gasteiger partial charge in [-0.25, -0.2) is 0 Å². The maximum absolute atomic E-state index is 11.2. The molecule has 2 aliphatic rings. The van der Waals surface area contributed by atoms with Crippen molar-refractivity contribution >= 4 is 5.97 Å². The molecule has 2 rings (SSSR count). The lowest BCUT2D eigenvalue weighted by molar-refractivity contribution is -0.154. The Kier molecular flexibility index (Phi) is 2.30. The van der Waals surface area contributed by atoms with Crippen molar-refractivity contribution in [2.45, 2.75) is 31.8 Å². The highest BCUT2D eigenvalue weighted by atomic mass is 16.5. The molecular weight excluding hydrogens is 154 g/mol. The highest BCUT2D eigenvalue weighted by Crippen LogP contribution is 2.23. The summed E-state index contributed by atoms with van der Waals surface area (Å²) < 4.78 is 5.23. The van der Waals surface area contributed by atoms with Gasteiger partial charge >= 0.3 is 5.97 Å². The number of rotatable bonds is 3. The summed E-state index contributed by atoms with van der Waals surface area (Å²) in [5.74, 6) is 0.545. The maximum Gasteiger partial charge on any atom is 0.306 e. The molecule has 2 fully saturated rings. The van der Waals surface area contributed by atoms with Crippen molar-refractivity contribution in [3.05, 3.63) is 0 Å². The minimum absolute atomic E-state index is 0.00574. The topological polar surface area (TPSA) is 38.3 Å². The van der Waals surface area contributed by atoms with Crippen LogP contribution in [0.4, 0.5) is 0 Å². The van der Waals surface area contributed by atoms with Gasteiger partial charge in [-0.3, -0.25) is 4.79 Å². The molecular formula is C9H15NO2. The third-order valence-corrected chi connectivity index (χ3v) is 2.67. The van der Waals surface area contributed by atoms with Crippen molar-refractivity contribution in [1.29, 1.82) is 0 Å². The summed E-state index contributed by atoms with van der Waals surface area (Å²) in [7, 11) is 0. The number of hydrogen-bond donors (Lipinski definition) is 1. The van der Waals surface area contributed by atoms with Gasteiger partial charge in [0.2, 0.25) is 0 Å². The van der Waals surface area contributed by atoms with E-state index >= 15 is 0 Å². The fraction of sp³-hybridized carbons (Fsp3) is 0.889. The van der Waals surface area contributed by atoms with E-state index in [-0.39, 0.29) is 12.1 Å². The third-order valence-electron chi connectivity index (χ3n) is 2.67. The Balaban J connectivity index is 1.62. The average molecular weight is 169 g/mol. The van der Waals surface area contributed by atoms with E-state index in [0.29, 0.717) is 12.3 Å². The van der Waals surface area contributed by atoms with Crippen molar-refractivity contribution in [2.75, 3.05) is 13.1 Å². The summed E-state index contributed by atoms with van der Waals surface area (Å²) in [5.41, 5.74) is 0. The molecule has 0 amide bonds. The molecule has 1 N–H and O–H groups in total. The predicted octanol–water partition coefficient (Wildman–Crippen LogP) is 0.692. The van der Waals surface area contributed by atoms with Crippen molar-refractivity contribution in [3.63, 3.8) is 0 Å². The smallest absolute Gasteiger partial charge is 0.306 e. The fourth-order valence-electron chi connectivity index (χ4n) is 1.45. The molecule has 68 valence electrons. The summed E-state index contributed by atoms with van der Waals surface area (Å²) in [6, 6.07) is 0. The van der Waals surface area contributed by atoms with E-state index in [4.69, 9.17) is 4.74 Å². The average Bonchev–Trinajstić information content (AvgIpc) is 1.89. The molecule has 0 spiro atoms. The SMILES string of the molecule is O=C(CC1CNC1)OC1CCC1. The Bertz CT molecular complexity index is 155. The number of hydrogen-bond acceptors (Lipinski definition) is 3.